The molecule has 0 saturated heterocycles. The number of rotatable bonds is 3. The van der Waals surface area contributed by atoms with Gasteiger partial charge in [0.25, 0.3) is 0 Å². The molecular formula is C12H15NO. The average Bonchev–Trinajstić information content (AvgIpc) is 2.19. The van der Waals surface area contributed by atoms with Gasteiger partial charge < -0.3 is 5.32 Å². The summed E-state index contributed by atoms with van der Waals surface area (Å²) < 4.78 is 0. The molecule has 14 heavy (non-hydrogen) atoms. The van der Waals surface area contributed by atoms with Crippen LogP contribution in [0.15, 0.2) is 42.0 Å². The van der Waals surface area contributed by atoms with Crippen molar-refractivity contribution in [1.82, 2.24) is 0 Å². The number of hydrogen-bond acceptors (Lipinski definition) is 1. The van der Waals surface area contributed by atoms with Gasteiger partial charge in [0, 0.05) is 11.8 Å². The normalized spacial score (nSPS) is 11.1. The summed E-state index contributed by atoms with van der Waals surface area (Å²) >= 11 is 0. The number of benzene rings is 1. The molecule has 0 aliphatic carbocycles. The quantitative estimate of drug-likeness (QED) is 0.728. The number of para-hydroxylation sites is 1. The Hall–Kier alpha value is -1.57. The summed E-state index contributed by atoms with van der Waals surface area (Å²) in [6, 6.07) is 9.45. The lowest BCUT2D eigenvalue weighted by molar-refractivity contribution is -0.112. The van der Waals surface area contributed by atoms with Gasteiger partial charge in [-0.1, -0.05) is 30.7 Å². The van der Waals surface area contributed by atoms with E-state index in [1.165, 1.54) is 0 Å². The Morgan fingerprint density at radius 1 is 1.36 bits per heavy atom. The van der Waals surface area contributed by atoms with Gasteiger partial charge in [0.05, 0.1) is 0 Å². The van der Waals surface area contributed by atoms with Gasteiger partial charge in [-0.25, -0.2) is 0 Å². The van der Waals surface area contributed by atoms with Crippen molar-refractivity contribution in [3.63, 3.8) is 0 Å². The van der Waals surface area contributed by atoms with Gasteiger partial charge in [-0.05, 0) is 25.5 Å². The van der Waals surface area contributed by atoms with E-state index in [4.69, 9.17) is 0 Å². The first kappa shape index (κ1) is 10.5. The average molecular weight is 189 g/mol. The zero-order chi connectivity index (χ0) is 10.4. The van der Waals surface area contributed by atoms with Crippen molar-refractivity contribution in [2.75, 3.05) is 5.32 Å². The second-order valence-corrected chi connectivity index (χ2v) is 3.20. The highest BCUT2D eigenvalue weighted by Crippen LogP contribution is 2.06. The first-order valence-electron chi connectivity index (χ1n) is 4.75. The fraction of sp³-hybridized carbons (Fsp3) is 0.250. The molecule has 2 nitrogen and oxygen atoms in total. The maximum Gasteiger partial charge on any atom is 0.248 e. The van der Waals surface area contributed by atoms with E-state index in [0.29, 0.717) is 0 Å². The highest BCUT2D eigenvalue weighted by molar-refractivity contribution is 5.99. The van der Waals surface area contributed by atoms with Crippen LogP contribution < -0.4 is 5.32 Å². The van der Waals surface area contributed by atoms with Gasteiger partial charge in [-0.2, -0.15) is 0 Å². The number of carbonyl (C=O) groups is 1. The largest absolute Gasteiger partial charge is 0.323 e. The van der Waals surface area contributed by atoms with Crippen LogP contribution in [0.3, 0.4) is 0 Å². The molecule has 74 valence electrons. The lowest BCUT2D eigenvalue weighted by Gasteiger charge is -2.01. The highest BCUT2D eigenvalue weighted by Gasteiger charge is 1.97. The fourth-order valence-corrected chi connectivity index (χ4v) is 1.03. The van der Waals surface area contributed by atoms with Gasteiger partial charge >= 0.3 is 0 Å². The Balaban J connectivity index is 2.58. The molecule has 1 aromatic rings. The third kappa shape index (κ3) is 3.44. The minimum absolute atomic E-state index is 0.0597. The van der Waals surface area contributed by atoms with Crippen molar-refractivity contribution in [2.45, 2.75) is 20.3 Å². The predicted molar refractivity (Wildman–Crippen MR) is 59.1 cm³/mol. The third-order valence-electron chi connectivity index (χ3n) is 1.98. The molecule has 1 aromatic carbocycles. The lowest BCUT2D eigenvalue weighted by Crippen LogP contribution is -2.08. The molecule has 0 aromatic heterocycles. The number of amides is 1. The van der Waals surface area contributed by atoms with Crippen molar-refractivity contribution < 1.29 is 4.79 Å². The fourth-order valence-electron chi connectivity index (χ4n) is 1.03. The second-order valence-electron chi connectivity index (χ2n) is 3.20. The lowest BCUT2D eigenvalue weighted by atomic mass is 10.2. The van der Waals surface area contributed by atoms with Gasteiger partial charge in [0.15, 0.2) is 0 Å². The molecule has 0 bridgehead atoms. The number of hydrogen-bond donors (Lipinski definition) is 1. The Labute approximate surface area is 84.6 Å². The van der Waals surface area contributed by atoms with Crippen LogP contribution in [0.25, 0.3) is 0 Å². The number of allylic oxidation sites excluding steroid dienone is 1. The summed E-state index contributed by atoms with van der Waals surface area (Å²) in [5.74, 6) is -0.0597. The van der Waals surface area contributed by atoms with E-state index < -0.39 is 0 Å². The molecule has 0 aliphatic heterocycles. The second kappa shape index (κ2) is 5.22. The Bertz CT molecular complexity index is 327. The number of carbonyl (C=O) groups excluding carboxylic acids is 1. The summed E-state index contributed by atoms with van der Waals surface area (Å²) in [4.78, 5) is 11.4. The summed E-state index contributed by atoms with van der Waals surface area (Å²) in [7, 11) is 0. The molecule has 1 N–H and O–H groups in total. The zero-order valence-electron chi connectivity index (χ0n) is 8.58. The molecule has 2 heteroatoms. The third-order valence-corrected chi connectivity index (χ3v) is 1.98. The Morgan fingerprint density at radius 3 is 2.57 bits per heavy atom. The molecule has 0 radical (unpaired) electrons. The van der Waals surface area contributed by atoms with E-state index in [1.54, 1.807) is 6.08 Å². The molecule has 0 heterocycles. The maximum absolute atomic E-state index is 11.4. The predicted octanol–water partition coefficient (Wildman–Crippen LogP) is 2.98. The van der Waals surface area contributed by atoms with Crippen LogP contribution in [-0.4, -0.2) is 5.91 Å². The molecule has 0 saturated carbocycles. The molecule has 1 rings (SSSR count). The van der Waals surface area contributed by atoms with Crippen molar-refractivity contribution in [3.8, 4) is 0 Å². The molecular weight excluding hydrogens is 174 g/mol. The maximum atomic E-state index is 11.4. The minimum Gasteiger partial charge on any atom is -0.323 e. The van der Waals surface area contributed by atoms with Crippen LogP contribution in [0, 0.1) is 0 Å². The summed E-state index contributed by atoms with van der Waals surface area (Å²) in [5.41, 5.74) is 1.91. The van der Waals surface area contributed by atoms with Gasteiger partial charge in [-0.3, -0.25) is 4.79 Å². The van der Waals surface area contributed by atoms with E-state index >= 15 is 0 Å². The van der Waals surface area contributed by atoms with E-state index in [9.17, 15) is 4.79 Å². The molecule has 0 aliphatic rings. The van der Waals surface area contributed by atoms with Crippen LogP contribution in [0.5, 0.6) is 0 Å². The van der Waals surface area contributed by atoms with Gasteiger partial charge in [0.1, 0.15) is 0 Å². The van der Waals surface area contributed by atoms with Crippen molar-refractivity contribution in [1.29, 1.82) is 0 Å². The summed E-state index contributed by atoms with van der Waals surface area (Å²) in [5, 5.41) is 2.79. The molecule has 0 spiro atoms. The Kier molecular flexibility index (Phi) is 3.92. The van der Waals surface area contributed by atoms with E-state index in [0.717, 1.165) is 17.7 Å². The Morgan fingerprint density at radius 2 is 2.00 bits per heavy atom. The smallest absolute Gasteiger partial charge is 0.248 e. The van der Waals surface area contributed by atoms with Gasteiger partial charge in [0.2, 0.25) is 5.91 Å². The molecule has 0 fully saturated rings. The van der Waals surface area contributed by atoms with E-state index in [-0.39, 0.29) is 5.91 Å². The zero-order valence-corrected chi connectivity index (χ0v) is 8.58. The van der Waals surface area contributed by atoms with Crippen molar-refractivity contribution >= 4 is 11.6 Å². The topological polar surface area (TPSA) is 29.1 Å². The first-order valence-corrected chi connectivity index (χ1v) is 4.75. The summed E-state index contributed by atoms with van der Waals surface area (Å²) in [6.07, 6.45) is 2.54. The standard InChI is InChI=1S/C12H15NO/c1-3-10(2)9-12(14)13-11-7-5-4-6-8-11/h4-9H,3H2,1-2H3,(H,13,14)/b10-9+. The van der Waals surface area contributed by atoms with Crippen LogP contribution in [0.2, 0.25) is 0 Å². The molecule has 0 atom stereocenters. The molecule has 1 amide bonds. The highest BCUT2D eigenvalue weighted by atomic mass is 16.1. The molecule has 0 unspecified atom stereocenters. The first-order chi connectivity index (χ1) is 6.72. The van der Waals surface area contributed by atoms with Crippen molar-refractivity contribution in [3.05, 3.63) is 42.0 Å². The van der Waals surface area contributed by atoms with Crippen LogP contribution in [0.4, 0.5) is 5.69 Å². The van der Waals surface area contributed by atoms with E-state index in [1.807, 2.05) is 44.2 Å². The number of anilines is 1. The number of nitrogens with one attached hydrogen (secondary N) is 1. The summed E-state index contributed by atoms with van der Waals surface area (Å²) in [6.45, 7) is 3.98. The van der Waals surface area contributed by atoms with Crippen LogP contribution in [-0.2, 0) is 4.79 Å². The van der Waals surface area contributed by atoms with Gasteiger partial charge in [-0.15, -0.1) is 0 Å². The van der Waals surface area contributed by atoms with Crippen LogP contribution in [0.1, 0.15) is 20.3 Å². The van der Waals surface area contributed by atoms with Crippen molar-refractivity contribution in [2.24, 2.45) is 0 Å². The minimum atomic E-state index is -0.0597. The monoisotopic (exact) mass is 189 g/mol. The SMILES string of the molecule is CC/C(C)=C/C(=O)Nc1ccccc1. The van der Waals surface area contributed by atoms with Crippen LogP contribution >= 0.6 is 0 Å². The van der Waals surface area contributed by atoms with E-state index in [2.05, 4.69) is 5.32 Å².